The van der Waals surface area contributed by atoms with E-state index in [0.29, 0.717) is 17.0 Å². The van der Waals surface area contributed by atoms with Gasteiger partial charge >= 0.3 is 0 Å². The Kier molecular flexibility index (Phi) is 5.72. The summed E-state index contributed by atoms with van der Waals surface area (Å²) in [7, 11) is 0. The number of benzene rings is 2. The van der Waals surface area contributed by atoms with Gasteiger partial charge in [-0.15, -0.1) is 0 Å². The van der Waals surface area contributed by atoms with Crippen LogP contribution in [-0.4, -0.2) is 16.7 Å². The van der Waals surface area contributed by atoms with Gasteiger partial charge in [-0.25, -0.2) is 0 Å². The molecule has 0 atom stereocenters. The number of carbonyl (C=O) groups excluding carboxylic acids is 2. The standard InChI is InChI=1S/C21H18N2O3/c24-20(12-13-21(25)23-17-5-4-14-22-15-17)16-8-10-19(11-9-16)26-18-6-2-1-3-7-18/h1-11,14-15H,12-13H2,(H,23,25). The Morgan fingerprint density at radius 2 is 1.58 bits per heavy atom. The second kappa shape index (κ2) is 8.58. The number of para-hydroxylation sites is 1. The maximum absolute atomic E-state index is 12.2. The summed E-state index contributed by atoms with van der Waals surface area (Å²) in [5, 5.41) is 2.71. The number of hydrogen-bond acceptors (Lipinski definition) is 4. The highest BCUT2D eigenvalue weighted by molar-refractivity contribution is 6.00. The molecule has 0 fully saturated rings. The topological polar surface area (TPSA) is 68.3 Å². The van der Waals surface area contributed by atoms with Crippen molar-refractivity contribution in [1.29, 1.82) is 0 Å². The maximum atomic E-state index is 12.2. The van der Waals surface area contributed by atoms with E-state index in [-0.39, 0.29) is 24.5 Å². The van der Waals surface area contributed by atoms with Gasteiger partial charge in [-0.1, -0.05) is 18.2 Å². The number of anilines is 1. The van der Waals surface area contributed by atoms with Crippen LogP contribution in [0, 0.1) is 0 Å². The molecule has 0 saturated carbocycles. The van der Waals surface area contributed by atoms with Crippen LogP contribution in [-0.2, 0) is 4.79 Å². The van der Waals surface area contributed by atoms with Crippen LogP contribution in [0.4, 0.5) is 5.69 Å². The molecule has 26 heavy (non-hydrogen) atoms. The van der Waals surface area contributed by atoms with Crippen LogP contribution < -0.4 is 10.1 Å². The number of ketones is 1. The van der Waals surface area contributed by atoms with Gasteiger partial charge in [0.2, 0.25) is 5.91 Å². The molecular weight excluding hydrogens is 328 g/mol. The normalized spacial score (nSPS) is 10.2. The smallest absolute Gasteiger partial charge is 0.224 e. The number of rotatable bonds is 7. The van der Waals surface area contributed by atoms with Gasteiger partial charge in [0.1, 0.15) is 11.5 Å². The summed E-state index contributed by atoms with van der Waals surface area (Å²) >= 11 is 0. The summed E-state index contributed by atoms with van der Waals surface area (Å²) in [6.07, 6.45) is 3.45. The number of carbonyl (C=O) groups is 2. The molecule has 0 aliphatic rings. The van der Waals surface area contributed by atoms with E-state index in [1.54, 1.807) is 48.8 Å². The molecule has 3 rings (SSSR count). The van der Waals surface area contributed by atoms with E-state index >= 15 is 0 Å². The lowest BCUT2D eigenvalue weighted by atomic mass is 10.1. The molecule has 0 saturated heterocycles. The zero-order valence-electron chi connectivity index (χ0n) is 14.1. The number of nitrogens with one attached hydrogen (secondary N) is 1. The Hall–Kier alpha value is -3.47. The molecule has 1 amide bonds. The summed E-state index contributed by atoms with van der Waals surface area (Å²) in [6.45, 7) is 0. The molecule has 1 N–H and O–H groups in total. The number of nitrogens with zero attached hydrogens (tertiary/aromatic N) is 1. The van der Waals surface area contributed by atoms with Crippen LogP contribution in [0.1, 0.15) is 23.2 Å². The van der Waals surface area contributed by atoms with Crippen LogP contribution in [0.5, 0.6) is 11.5 Å². The third-order valence-corrected chi connectivity index (χ3v) is 3.68. The molecular formula is C21H18N2O3. The predicted molar refractivity (Wildman–Crippen MR) is 99.4 cm³/mol. The molecule has 3 aromatic rings. The highest BCUT2D eigenvalue weighted by Gasteiger charge is 2.10. The second-order valence-corrected chi connectivity index (χ2v) is 5.65. The first-order chi connectivity index (χ1) is 12.7. The number of ether oxygens (including phenoxy) is 1. The van der Waals surface area contributed by atoms with Crippen LogP contribution in [0.15, 0.2) is 79.1 Å². The van der Waals surface area contributed by atoms with E-state index in [4.69, 9.17) is 4.74 Å². The van der Waals surface area contributed by atoms with Crippen molar-refractivity contribution >= 4 is 17.4 Å². The van der Waals surface area contributed by atoms with E-state index in [2.05, 4.69) is 10.3 Å². The Balaban J connectivity index is 1.51. The highest BCUT2D eigenvalue weighted by Crippen LogP contribution is 2.21. The Labute approximate surface area is 151 Å². The third-order valence-electron chi connectivity index (χ3n) is 3.68. The van der Waals surface area contributed by atoms with E-state index in [1.165, 1.54) is 0 Å². The van der Waals surface area contributed by atoms with Crippen molar-refractivity contribution in [2.45, 2.75) is 12.8 Å². The van der Waals surface area contributed by atoms with Crippen LogP contribution in [0.2, 0.25) is 0 Å². The lowest BCUT2D eigenvalue weighted by Gasteiger charge is -2.07. The predicted octanol–water partition coefficient (Wildman–Crippen LogP) is 4.48. The minimum atomic E-state index is -0.213. The maximum Gasteiger partial charge on any atom is 0.224 e. The number of hydrogen-bond donors (Lipinski definition) is 1. The fraction of sp³-hybridized carbons (Fsp3) is 0.0952. The molecule has 2 aromatic carbocycles. The van der Waals surface area contributed by atoms with E-state index in [0.717, 1.165) is 5.75 Å². The first-order valence-electron chi connectivity index (χ1n) is 8.27. The summed E-state index contributed by atoms with van der Waals surface area (Å²) in [6, 6.07) is 19.8. The van der Waals surface area contributed by atoms with Crippen molar-refractivity contribution in [2.75, 3.05) is 5.32 Å². The van der Waals surface area contributed by atoms with Crippen molar-refractivity contribution in [2.24, 2.45) is 0 Å². The fourth-order valence-electron chi connectivity index (χ4n) is 2.37. The Bertz CT molecular complexity index is 863. The van der Waals surface area contributed by atoms with Crippen molar-refractivity contribution in [3.63, 3.8) is 0 Å². The minimum absolute atomic E-state index is 0.0856. The van der Waals surface area contributed by atoms with E-state index in [9.17, 15) is 9.59 Å². The minimum Gasteiger partial charge on any atom is -0.457 e. The summed E-state index contributed by atoms with van der Waals surface area (Å²) in [5.74, 6) is 1.09. The van der Waals surface area contributed by atoms with Crippen LogP contribution in [0.3, 0.4) is 0 Å². The van der Waals surface area contributed by atoms with Crippen molar-refractivity contribution in [1.82, 2.24) is 4.98 Å². The number of Topliss-reactive ketones (excluding diaryl/α,β-unsaturated/α-hetero) is 1. The average molecular weight is 346 g/mol. The number of pyridine rings is 1. The zero-order valence-corrected chi connectivity index (χ0v) is 14.1. The first-order valence-corrected chi connectivity index (χ1v) is 8.27. The lowest BCUT2D eigenvalue weighted by Crippen LogP contribution is -2.13. The Morgan fingerprint density at radius 3 is 2.27 bits per heavy atom. The number of aromatic nitrogens is 1. The Morgan fingerprint density at radius 1 is 0.846 bits per heavy atom. The summed E-state index contributed by atoms with van der Waals surface area (Å²) < 4.78 is 5.70. The lowest BCUT2D eigenvalue weighted by molar-refractivity contribution is -0.116. The van der Waals surface area contributed by atoms with Gasteiger partial charge in [0.25, 0.3) is 0 Å². The molecule has 0 aliphatic heterocycles. The van der Waals surface area contributed by atoms with Crippen LogP contribution in [0.25, 0.3) is 0 Å². The molecule has 0 bridgehead atoms. The van der Waals surface area contributed by atoms with Crippen molar-refractivity contribution < 1.29 is 14.3 Å². The first kappa shape index (κ1) is 17.4. The molecule has 1 aromatic heterocycles. The molecule has 0 spiro atoms. The van der Waals surface area contributed by atoms with E-state index in [1.807, 2.05) is 30.3 Å². The fourth-order valence-corrected chi connectivity index (χ4v) is 2.37. The number of amides is 1. The summed E-state index contributed by atoms with van der Waals surface area (Å²) in [5.41, 5.74) is 1.17. The quantitative estimate of drug-likeness (QED) is 0.641. The molecule has 5 nitrogen and oxygen atoms in total. The van der Waals surface area contributed by atoms with Crippen LogP contribution >= 0.6 is 0 Å². The second-order valence-electron chi connectivity index (χ2n) is 5.65. The highest BCUT2D eigenvalue weighted by atomic mass is 16.5. The van der Waals surface area contributed by atoms with Crippen molar-refractivity contribution in [3.8, 4) is 11.5 Å². The van der Waals surface area contributed by atoms with Gasteiger partial charge in [0.05, 0.1) is 11.9 Å². The molecule has 130 valence electrons. The molecule has 0 unspecified atom stereocenters. The average Bonchev–Trinajstić information content (AvgIpc) is 2.68. The molecule has 1 heterocycles. The third kappa shape index (κ3) is 5.01. The van der Waals surface area contributed by atoms with Gasteiger partial charge < -0.3 is 10.1 Å². The zero-order chi connectivity index (χ0) is 18.2. The molecule has 0 radical (unpaired) electrons. The monoisotopic (exact) mass is 346 g/mol. The van der Waals surface area contributed by atoms with Gasteiger partial charge in [-0.05, 0) is 48.5 Å². The van der Waals surface area contributed by atoms with Gasteiger partial charge in [0, 0.05) is 24.6 Å². The van der Waals surface area contributed by atoms with E-state index < -0.39 is 0 Å². The van der Waals surface area contributed by atoms with Crippen molar-refractivity contribution in [3.05, 3.63) is 84.7 Å². The molecule has 5 heteroatoms. The van der Waals surface area contributed by atoms with Gasteiger partial charge in [0.15, 0.2) is 5.78 Å². The SMILES string of the molecule is O=C(CCC(=O)c1ccc(Oc2ccccc2)cc1)Nc1cccnc1. The molecule has 0 aliphatic carbocycles. The largest absolute Gasteiger partial charge is 0.457 e. The van der Waals surface area contributed by atoms with Gasteiger partial charge in [-0.3, -0.25) is 14.6 Å². The summed E-state index contributed by atoms with van der Waals surface area (Å²) in [4.78, 5) is 28.1. The van der Waals surface area contributed by atoms with Gasteiger partial charge in [-0.2, -0.15) is 0 Å².